The minimum absolute atomic E-state index is 0.0132. The van der Waals surface area contributed by atoms with Crippen LogP contribution in [0.2, 0.25) is 15.1 Å². The summed E-state index contributed by atoms with van der Waals surface area (Å²) in [6.45, 7) is 0. The Bertz CT molecular complexity index is 1190. The third-order valence-corrected chi connectivity index (χ3v) is 6.58. The van der Waals surface area contributed by atoms with E-state index in [1.165, 1.54) is 37.4 Å². The number of carbonyl (C=O) groups is 1. The molecule has 1 amide bonds. The largest absolute Gasteiger partial charge is 0.497 e. The number of halogens is 3. The molecule has 0 aliphatic rings. The van der Waals surface area contributed by atoms with Gasteiger partial charge in [-0.2, -0.15) is 0 Å². The highest BCUT2D eigenvalue weighted by atomic mass is 35.5. The number of para-hydroxylation sites is 2. The molecule has 0 spiro atoms. The molecule has 3 rings (SSSR count). The topological polar surface area (TPSA) is 84.5 Å². The molecule has 2 N–H and O–H groups in total. The van der Waals surface area contributed by atoms with Gasteiger partial charge in [0.2, 0.25) is 0 Å². The standard InChI is InChI=1S/C20H15Cl3N2O4S/c1-29-13-5-4-6-14(11-13)30(27,28)25-18-8-3-2-7-17(18)24-20(26)12-9-15(21)19(23)16(22)10-12/h2-11,25H,1H3,(H,24,26). The summed E-state index contributed by atoms with van der Waals surface area (Å²) in [5.74, 6) is -0.139. The fourth-order valence-electron chi connectivity index (χ4n) is 2.53. The van der Waals surface area contributed by atoms with Crippen molar-refractivity contribution in [2.75, 3.05) is 17.1 Å². The molecular formula is C20H15Cl3N2O4S. The van der Waals surface area contributed by atoms with Crippen LogP contribution in [0.15, 0.2) is 65.6 Å². The van der Waals surface area contributed by atoms with Gasteiger partial charge in [0.25, 0.3) is 15.9 Å². The Morgan fingerprint density at radius 3 is 2.17 bits per heavy atom. The lowest BCUT2D eigenvalue weighted by atomic mass is 10.2. The van der Waals surface area contributed by atoms with Gasteiger partial charge in [0.05, 0.1) is 38.4 Å². The first-order valence-electron chi connectivity index (χ1n) is 8.43. The van der Waals surface area contributed by atoms with Gasteiger partial charge in [-0.25, -0.2) is 8.42 Å². The lowest BCUT2D eigenvalue weighted by molar-refractivity contribution is 0.102. The molecule has 3 aromatic carbocycles. The summed E-state index contributed by atoms with van der Waals surface area (Å²) < 4.78 is 33.1. The Morgan fingerprint density at radius 2 is 1.53 bits per heavy atom. The van der Waals surface area contributed by atoms with Crippen molar-refractivity contribution in [1.29, 1.82) is 0 Å². The first-order chi connectivity index (χ1) is 14.2. The van der Waals surface area contributed by atoms with Crippen LogP contribution in [0.25, 0.3) is 0 Å². The number of benzene rings is 3. The highest BCUT2D eigenvalue weighted by Crippen LogP contribution is 2.32. The number of nitrogens with one attached hydrogen (secondary N) is 2. The molecule has 0 heterocycles. The van der Waals surface area contributed by atoms with E-state index in [4.69, 9.17) is 39.5 Å². The third-order valence-electron chi connectivity index (χ3n) is 4.02. The van der Waals surface area contributed by atoms with Crippen molar-refractivity contribution in [2.24, 2.45) is 0 Å². The summed E-state index contributed by atoms with van der Waals surface area (Å²) >= 11 is 17.9. The van der Waals surface area contributed by atoms with Gasteiger partial charge in [-0.05, 0) is 36.4 Å². The van der Waals surface area contributed by atoms with E-state index >= 15 is 0 Å². The molecule has 0 saturated carbocycles. The molecule has 0 aliphatic heterocycles. The van der Waals surface area contributed by atoms with Crippen LogP contribution in [0.4, 0.5) is 11.4 Å². The third kappa shape index (κ3) is 4.99. The van der Waals surface area contributed by atoms with E-state index < -0.39 is 15.9 Å². The van der Waals surface area contributed by atoms with Crippen LogP contribution >= 0.6 is 34.8 Å². The number of hydrogen-bond donors (Lipinski definition) is 2. The van der Waals surface area contributed by atoms with Gasteiger partial charge in [-0.3, -0.25) is 9.52 Å². The molecule has 0 fully saturated rings. The quantitative estimate of drug-likeness (QED) is 0.438. The van der Waals surface area contributed by atoms with Crippen LogP contribution in [0, 0.1) is 0 Å². The molecule has 0 unspecified atom stereocenters. The molecule has 0 atom stereocenters. The van der Waals surface area contributed by atoms with Gasteiger partial charge in [0, 0.05) is 11.6 Å². The highest BCUT2D eigenvalue weighted by Gasteiger charge is 2.18. The summed E-state index contributed by atoms with van der Waals surface area (Å²) in [5, 5.41) is 3.04. The monoisotopic (exact) mass is 484 g/mol. The summed E-state index contributed by atoms with van der Waals surface area (Å²) in [6.07, 6.45) is 0. The van der Waals surface area contributed by atoms with E-state index in [9.17, 15) is 13.2 Å². The zero-order chi connectivity index (χ0) is 21.9. The SMILES string of the molecule is COc1cccc(S(=O)(=O)Nc2ccccc2NC(=O)c2cc(Cl)c(Cl)c(Cl)c2)c1. The number of sulfonamides is 1. The van der Waals surface area contributed by atoms with Crippen molar-refractivity contribution in [3.8, 4) is 5.75 Å². The summed E-state index contributed by atoms with van der Waals surface area (Å²) in [5.41, 5.74) is 0.593. The van der Waals surface area contributed by atoms with Gasteiger partial charge >= 0.3 is 0 Å². The normalized spacial score (nSPS) is 11.1. The average Bonchev–Trinajstić information content (AvgIpc) is 2.72. The predicted molar refractivity (Wildman–Crippen MR) is 120 cm³/mol. The van der Waals surface area contributed by atoms with E-state index in [0.29, 0.717) is 5.75 Å². The maximum absolute atomic E-state index is 12.8. The molecular weight excluding hydrogens is 471 g/mol. The van der Waals surface area contributed by atoms with Gasteiger partial charge in [-0.1, -0.05) is 53.0 Å². The van der Waals surface area contributed by atoms with E-state index in [-0.39, 0.29) is 36.9 Å². The van der Waals surface area contributed by atoms with Gasteiger partial charge in [-0.15, -0.1) is 0 Å². The molecule has 0 radical (unpaired) electrons. The smallest absolute Gasteiger partial charge is 0.262 e. The molecule has 0 bridgehead atoms. The molecule has 0 saturated heterocycles. The summed E-state index contributed by atoms with van der Waals surface area (Å²) in [6, 6.07) is 15.1. The van der Waals surface area contributed by atoms with Crippen LogP contribution in [0.5, 0.6) is 5.75 Å². The zero-order valence-corrected chi connectivity index (χ0v) is 18.5. The number of amides is 1. The van der Waals surface area contributed by atoms with Crippen LogP contribution in [-0.2, 0) is 10.0 Å². The van der Waals surface area contributed by atoms with Crippen molar-refractivity contribution in [3.63, 3.8) is 0 Å². The molecule has 0 aliphatic carbocycles. The van der Waals surface area contributed by atoms with Crippen LogP contribution < -0.4 is 14.8 Å². The zero-order valence-electron chi connectivity index (χ0n) is 15.4. The number of anilines is 2. The van der Waals surface area contributed by atoms with Crippen LogP contribution in [-0.4, -0.2) is 21.4 Å². The second-order valence-corrected chi connectivity index (χ2v) is 8.91. The van der Waals surface area contributed by atoms with Crippen molar-refractivity contribution < 1.29 is 17.9 Å². The Balaban J connectivity index is 1.88. The Hall–Kier alpha value is -2.45. The van der Waals surface area contributed by atoms with E-state index in [1.807, 2.05) is 0 Å². The van der Waals surface area contributed by atoms with E-state index in [0.717, 1.165) is 0 Å². The Morgan fingerprint density at radius 1 is 0.900 bits per heavy atom. The maximum atomic E-state index is 12.8. The van der Waals surface area contributed by atoms with Crippen molar-refractivity contribution >= 4 is 62.1 Å². The Labute approximate surface area is 188 Å². The van der Waals surface area contributed by atoms with E-state index in [1.54, 1.807) is 30.3 Å². The minimum Gasteiger partial charge on any atom is -0.497 e. The molecule has 0 aromatic heterocycles. The highest BCUT2D eigenvalue weighted by molar-refractivity contribution is 7.92. The van der Waals surface area contributed by atoms with Crippen LogP contribution in [0.3, 0.4) is 0 Å². The number of methoxy groups -OCH3 is 1. The van der Waals surface area contributed by atoms with Gasteiger partial charge in [0.1, 0.15) is 5.75 Å². The maximum Gasteiger partial charge on any atom is 0.262 e. The number of ether oxygens (including phenoxy) is 1. The first kappa shape index (κ1) is 22.2. The molecule has 156 valence electrons. The van der Waals surface area contributed by atoms with Crippen LogP contribution in [0.1, 0.15) is 10.4 Å². The predicted octanol–water partition coefficient (Wildman–Crippen LogP) is 5.71. The van der Waals surface area contributed by atoms with Gasteiger partial charge in [0.15, 0.2) is 0 Å². The summed E-state index contributed by atoms with van der Waals surface area (Å²) in [4.78, 5) is 12.6. The van der Waals surface area contributed by atoms with Crippen molar-refractivity contribution in [1.82, 2.24) is 0 Å². The Kier molecular flexibility index (Phi) is 6.77. The van der Waals surface area contributed by atoms with Crippen molar-refractivity contribution in [3.05, 3.63) is 81.3 Å². The summed E-state index contributed by atoms with van der Waals surface area (Å²) in [7, 11) is -2.49. The fraction of sp³-hybridized carbons (Fsp3) is 0.0500. The molecule has 30 heavy (non-hydrogen) atoms. The minimum atomic E-state index is -3.93. The first-order valence-corrected chi connectivity index (χ1v) is 11.0. The van der Waals surface area contributed by atoms with E-state index in [2.05, 4.69) is 10.0 Å². The molecule has 6 nitrogen and oxygen atoms in total. The van der Waals surface area contributed by atoms with Crippen molar-refractivity contribution in [2.45, 2.75) is 4.90 Å². The second kappa shape index (κ2) is 9.14. The fourth-order valence-corrected chi connectivity index (χ4v) is 4.24. The number of carbonyl (C=O) groups excluding carboxylic acids is 1. The second-order valence-electron chi connectivity index (χ2n) is 6.04. The average molecular weight is 486 g/mol. The number of rotatable bonds is 6. The molecule has 3 aromatic rings. The van der Waals surface area contributed by atoms with Gasteiger partial charge < -0.3 is 10.1 Å². The molecule has 10 heteroatoms. The lowest BCUT2D eigenvalue weighted by Gasteiger charge is -2.14. The number of hydrogen-bond acceptors (Lipinski definition) is 4. The lowest BCUT2D eigenvalue weighted by Crippen LogP contribution is -2.17.